The number of carbonyl (C=O) groups excluding carboxylic acids is 1. The second-order valence-electron chi connectivity index (χ2n) is 7.07. The summed E-state index contributed by atoms with van der Waals surface area (Å²) in [6, 6.07) is 13.5. The molecule has 2 aromatic carbocycles. The van der Waals surface area contributed by atoms with Crippen LogP contribution in [0.1, 0.15) is 34.2 Å². The number of amides is 1. The molecule has 0 fully saturated rings. The van der Waals surface area contributed by atoms with Gasteiger partial charge in [-0.05, 0) is 43.5 Å². The quantitative estimate of drug-likeness (QED) is 0.548. The first-order chi connectivity index (χ1) is 14.4. The fourth-order valence-electron chi connectivity index (χ4n) is 4.00. The molecule has 0 saturated heterocycles. The van der Waals surface area contributed by atoms with Crippen LogP contribution in [0.4, 0.5) is 0 Å². The van der Waals surface area contributed by atoms with Crippen molar-refractivity contribution >= 4 is 17.5 Å². The molecule has 6 heteroatoms. The lowest BCUT2D eigenvalue weighted by molar-refractivity contribution is 0.1000. The van der Waals surface area contributed by atoms with Crippen LogP contribution in [0.2, 0.25) is 5.02 Å². The summed E-state index contributed by atoms with van der Waals surface area (Å²) in [7, 11) is 3.25. The number of halogens is 1. The molecule has 5 nitrogen and oxygen atoms in total. The predicted octanol–water partition coefficient (Wildman–Crippen LogP) is 5.04. The Balaban J connectivity index is 2.05. The number of primary amides is 1. The average Bonchev–Trinajstić information content (AvgIpc) is 3.03. The number of ether oxygens (including phenoxy) is 2. The maximum atomic E-state index is 12.4. The molecule has 0 aliphatic carbocycles. The zero-order chi connectivity index (χ0) is 21.8. The van der Waals surface area contributed by atoms with Crippen molar-refractivity contribution in [3.63, 3.8) is 0 Å². The maximum absolute atomic E-state index is 12.4. The van der Waals surface area contributed by atoms with E-state index in [0.29, 0.717) is 28.6 Å². The Bertz CT molecular complexity index is 1070. The summed E-state index contributed by atoms with van der Waals surface area (Å²) < 4.78 is 12.9. The molecule has 158 valence electrons. The lowest BCUT2D eigenvalue weighted by atomic mass is 9.99. The van der Waals surface area contributed by atoms with Gasteiger partial charge in [-0.3, -0.25) is 4.79 Å². The maximum Gasteiger partial charge on any atom is 0.251 e. The molecule has 3 aromatic rings. The fraction of sp³-hybridized carbons (Fsp3) is 0.292. The van der Waals surface area contributed by atoms with Crippen molar-refractivity contribution in [1.29, 1.82) is 0 Å². The first-order valence-electron chi connectivity index (χ1n) is 9.90. The number of methoxy groups -OCH3 is 2. The molecule has 0 aliphatic heterocycles. The number of hydrogen-bond acceptors (Lipinski definition) is 3. The molecule has 0 radical (unpaired) electrons. The molecule has 0 spiro atoms. The van der Waals surface area contributed by atoms with E-state index in [0.717, 1.165) is 40.9 Å². The van der Waals surface area contributed by atoms with Crippen molar-refractivity contribution in [2.45, 2.75) is 33.2 Å². The molecular weight excluding hydrogens is 400 g/mol. The van der Waals surface area contributed by atoms with Crippen LogP contribution in [0.15, 0.2) is 42.5 Å². The molecule has 0 atom stereocenters. The lowest BCUT2D eigenvalue weighted by Gasteiger charge is -2.14. The summed E-state index contributed by atoms with van der Waals surface area (Å²) in [5.41, 5.74) is 11.0. The summed E-state index contributed by atoms with van der Waals surface area (Å²) in [6.07, 6.45) is 1.52. The normalized spacial score (nSPS) is 10.8. The summed E-state index contributed by atoms with van der Waals surface area (Å²) in [6.45, 7) is 4.72. The average molecular weight is 427 g/mol. The van der Waals surface area contributed by atoms with Crippen molar-refractivity contribution in [3.05, 3.63) is 70.0 Å². The van der Waals surface area contributed by atoms with E-state index < -0.39 is 5.91 Å². The first kappa shape index (κ1) is 21.8. The molecule has 0 bridgehead atoms. The van der Waals surface area contributed by atoms with E-state index in [4.69, 9.17) is 26.8 Å². The Kier molecular flexibility index (Phi) is 6.73. The van der Waals surface area contributed by atoms with Gasteiger partial charge in [-0.25, -0.2) is 0 Å². The molecular formula is C24H27ClN2O3. The van der Waals surface area contributed by atoms with E-state index in [1.165, 1.54) is 0 Å². The first-order valence-corrected chi connectivity index (χ1v) is 10.3. The van der Waals surface area contributed by atoms with Crippen LogP contribution >= 0.6 is 11.6 Å². The van der Waals surface area contributed by atoms with Crippen LogP contribution in [0.25, 0.3) is 11.1 Å². The molecule has 3 rings (SSSR count). The van der Waals surface area contributed by atoms with Gasteiger partial charge in [0.05, 0.1) is 19.8 Å². The van der Waals surface area contributed by atoms with Crippen LogP contribution in [0.5, 0.6) is 11.5 Å². The van der Waals surface area contributed by atoms with Gasteiger partial charge in [-0.2, -0.15) is 0 Å². The highest BCUT2D eigenvalue weighted by Crippen LogP contribution is 2.37. The number of nitrogens with zero attached hydrogens (tertiary/aromatic N) is 1. The molecule has 1 heterocycles. The van der Waals surface area contributed by atoms with Gasteiger partial charge in [0.1, 0.15) is 0 Å². The van der Waals surface area contributed by atoms with Gasteiger partial charge >= 0.3 is 0 Å². The SMILES string of the molecule is CCc1c(-c2ccccc2Cl)c(C(N)=O)c(C)n1CCc1ccc(OC)c(OC)c1. The van der Waals surface area contributed by atoms with Gasteiger partial charge in [-0.1, -0.05) is 42.8 Å². The van der Waals surface area contributed by atoms with E-state index in [-0.39, 0.29) is 0 Å². The van der Waals surface area contributed by atoms with Crippen molar-refractivity contribution < 1.29 is 14.3 Å². The molecule has 30 heavy (non-hydrogen) atoms. The van der Waals surface area contributed by atoms with Gasteiger partial charge in [0.15, 0.2) is 11.5 Å². The smallest absolute Gasteiger partial charge is 0.251 e. The topological polar surface area (TPSA) is 66.5 Å². The van der Waals surface area contributed by atoms with E-state index in [1.807, 2.05) is 49.4 Å². The number of carbonyl (C=O) groups is 1. The van der Waals surface area contributed by atoms with Crippen LogP contribution in [-0.2, 0) is 19.4 Å². The number of aromatic nitrogens is 1. The molecule has 0 aliphatic rings. The van der Waals surface area contributed by atoms with Gasteiger partial charge < -0.3 is 19.8 Å². The third-order valence-electron chi connectivity index (χ3n) is 5.43. The van der Waals surface area contributed by atoms with Crippen molar-refractivity contribution in [1.82, 2.24) is 4.57 Å². The highest BCUT2D eigenvalue weighted by molar-refractivity contribution is 6.33. The Labute approximate surface area is 182 Å². The lowest BCUT2D eigenvalue weighted by Crippen LogP contribution is -2.14. The van der Waals surface area contributed by atoms with Crippen LogP contribution in [0, 0.1) is 6.92 Å². The third kappa shape index (κ3) is 4.03. The Morgan fingerprint density at radius 2 is 1.80 bits per heavy atom. The van der Waals surface area contributed by atoms with Crippen molar-refractivity contribution in [3.8, 4) is 22.6 Å². The van der Waals surface area contributed by atoms with E-state index in [9.17, 15) is 4.79 Å². The third-order valence-corrected chi connectivity index (χ3v) is 5.76. The largest absolute Gasteiger partial charge is 0.493 e. The molecule has 1 aromatic heterocycles. The van der Waals surface area contributed by atoms with Gasteiger partial charge in [-0.15, -0.1) is 0 Å². The van der Waals surface area contributed by atoms with Crippen molar-refractivity contribution in [2.24, 2.45) is 5.73 Å². The number of benzene rings is 2. The highest BCUT2D eigenvalue weighted by atomic mass is 35.5. The van der Waals surface area contributed by atoms with E-state index in [2.05, 4.69) is 11.5 Å². The van der Waals surface area contributed by atoms with Gasteiger partial charge in [0.25, 0.3) is 5.91 Å². The second-order valence-corrected chi connectivity index (χ2v) is 7.48. The molecule has 0 unspecified atom stereocenters. The van der Waals surface area contributed by atoms with Crippen molar-refractivity contribution in [2.75, 3.05) is 14.2 Å². The monoisotopic (exact) mass is 426 g/mol. The molecule has 2 N–H and O–H groups in total. The van der Waals surface area contributed by atoms with E-state index in [1.54, 1.807) is 14.2 Å². The summed E-state index contributed by atoms with van der Waals surface area (Å²) in [5.74, 6) is 0.955. The number of rotatable bonds is 8. The Morgan fingerprint density at radius 1 is 1.10 bits per heavy atom. The second kappa shape index (κ2) is 9.26. The Hall–Kier alpha value is -2.92. The fourth-order valence-corrected chi connectivity index (χ4v) is 4.23. The zero-order valence-corrected chi connectivity index (χ0v) is 18.5. The minimum atomic E-state index is -0.443. The molecule has 0 saturated carbocycles. The summed E-state index contributed by atoms with van der Waals surface area (Å²) in [4.78, 5) is 12.4. The summed E-state index contributed by atoms with van der Waals surface area (Å²) in [5, 5.41) is 0.603. The van der Waals surface area contributed by atoms with Gasteiger partial charge in [0, 0.05) is 34.1 Å². The Morgan fingerprint density at radius 3 is 2.40 bits per heavy atom. The molecule has 1 amide bonds. The van der Waals surface area contributed by atoms with E-state index >= 15 is 0 Å². The highest BCUT2D eigenvalue weighted by Gasteiger charge is 2.25. The predicted molar refractivity (Wildman–Crippen MR) is 121 cm³/mol. The zero-order valence-electron chi connectivity index (χ0n) is 17.8. The standard InChI is InChI=1S/C24H27ClN2O3/c1-5-19-23(17-8-6-7-9-18(17)25)22(24(26)28)15(2)27(19)13-12-16-10-11-20(29-3)21(14-16)30-4/h6-11,14H,5,12-13H2,1-4H3,(H2,26,28). The van der Waals surface area contributed by atoms with Crippen LogP contribution in [0.3, 0.4) is 0 Å². The summed E-state index contributed by atoms with van der Waals surface area (Å²) >= 11 is 6.47. The minimum Gasteiger partial charge on any atom is -0.493 e. The van der Waals surface area contributed by atoms with Crippen LogP contribution in [-0.4, -0.2) is 24.7 Å². The number of aryl methyl sites for hydroxylation is 1. The van der Waals surface area contributed by atoms with Gasteiger partial charge in [0.2, 0.25) is 0 Å². The van der Waals surface area contributed by atoms with Crippen LogP contribution < -0.4 is 15.2 Å². The number of nitrogens with two attached hydrogens (primary N) is 1. The number of hydrogen-bond donors (Lipinski definition) is 1. The minimum absolute atomic E-state index is 0.443.